The number of hydrogen-bond acceptors (Lipinski definition) is 1. The Bertz CT molecular complexity index is 444. The summed E-state index contributed by atoms with van der Waals surface area (Å²) in [6.45, 7) is 24.6. The van der Waals surface area contributed by atoms with Crippen molar-refractivity contribution in [2.75, 3.05) is 6.61 Å². The molecule has 32 heavy (non-hydrogen) atoms. The van der Waals surface area contributed by atoms with Crippen LogP contribution in [0.1, 0.15) is 131 Å². The summed E-state index contributed by atoms with van der Waals surface area (Å²) in [5.74, 6) is 0. The van der Waals surface area contributed by atoms with Crippen molar-refractivity contribution in [3.8, 4) is 0 Å². The van der Waals surface area contributed by atoms with Crippen LogP contribution in [0, 0.1) is 0 Å². The first-order valence-electron chi connectivity index (χ1n) is 14.4. The molecule has 0 heterocycles. The van der Waals surface area contributed by atoms with Crippen LogP contribution in [-0.2, 0) is 4.43 Å². The molecule has 192 valence electrons. The van der Waals surface area contributed by atoms with E-state index >= 15 is 0 Å². The van der Waals surface area contributed by atoms with E-state index in [1.54, 1.807) is 16.9 Å². The van der Waals surface area contributed by atoms with Crippen molar-refractivity contribution >= 4 is 26.7 Å². The quantitative estimate of drug-likeness (QED) is 0.0980. The summed E-state index contributed by atoms with van der Waals surface area (Å²) in [5, 5.41) is 0.336. The molecule has 0 radical (unpaired) electrons. The van der Waals surface area contributed by atoms with E-state index in [0.29, 0.717) is 5.04 Å². The van der Waals surface area contributed by atoms with Crippen molar-refractivity contribution < 1.29 is 4.43 Å². The van der Waals surface area contributed by atoms with Gasteiger partial charge in [0.05, 0.1) is 0 Å². The Morgan fingerprint density at radius 1 is 0.688 bits per heavy atom. The molecule has 0 aliphatic rings. The van der Waals surface area contributed by atoms with Crippen LogP contribution in [0.5, 0.6) is 0 Å². The molecule has 0 atom stereocenters. The molecule has 0 spiro atoms. The van der Waals surface area contributed by atoms with Crippen LogP contribution >= 0.6 is 0 Å². The summed E-state index contributed by atoms with van der Waals surface area (Å²) in [6, 6.07) is 0. The monoisotopic (exact) mass is 574 g/mol. The zero-order valence-corrected chi connectivity index (χ0v) is 27.7. The van der Waals surface area contributed by atoms with Gasteiger partial charge in [0.25, 0.3) is 0 Å². The molecule has 0 N–H and O–H groups in total. The molecule has 0 aromatic rings. The Kier molecular flexibility index (Phi) is 18.5. The molecule has 0 bridgehead atoms. The predicted molar refractivity (Wildman–Crippen MR) is 154 cm³/mol. The van der Waals surface area contributed by atoms with Crippen LogP contribution < -0.4 is 0 Å². The van der Waals surface area contributed by atoms with E-state index in [9.17, 15) is 0 Å². The summed E-state index contributed by atoms with van der Waals surface area (Å²) >= 11 is -2.17. The summed E-state index contributed by atoms with van der Waals surface area (Å²) in [7, 11) is -1.55. The number of hydrogen-bond donors (Lipinski definition) is 0. The second-order valence-corrected chi connectivity index (χ2v) is 30.4. The van der Waals surface area contributed by atoms with Gasteiger partial charge in [0.15, 0.2) is 0 Å². The van der Waals surface area contributed by atoms with E-state index < -0.39 is 26.7 Å². The summed E-state index contributed by atoms with van der Waals surface area (Å²) in [6.07, 6.45) is 19.4. The van der Waals surface area contributed by atoms with E-state index in [4.69, 9.17) is 11.0 Å². The second-order valence-electron chi connectivity index (χ2n) is 12.0. The van der Waals surface area contributed by atoms with Gasteiger partial charge in [0.2, 0.25) is 0 Å². The Balaban J connectivity index is 4.18. The molecule has 0 rings (SSSR count). The van der Waals surface area contributed by atoms with Gasteiger partial charge in [-0.3, -0.25) is 0 Å². The van der Waals surface area contributed by atoms with Gasteiger partial charge in [0.1, 0.15) is 0 Å². The van der Waals surface area contributed by atoms with Crippen molar-refractivity contribution in [3.05, 3.63) is 10.2 Å². The van der Waals surface area contributed by atoms with Gasteiger partial charge in [-0.05, 0) is 18.1 Å². The number of unbranched alkanes of at least 4 members (excludes halogenated alkanes) is 9. The molecule has 0 amide bonds. The third-order valence-corrected chi connectivity index (χ3v) is 28.9. The Labute approximate surface area is 210 Å². The first-order chi connectivity index (χ1) is 15.1. The van der Waals surface area contributed by atoms with Crippen LogP contribution in [-0.4, -0.2) is 33.3 Å². The molecule has 3 heteroatoms. The minimum absolute atomic E-state index is 0.336. The molecule has 0 aromatic heterocycles. The standard InChI is InChI=1S/C17H35OSi.3C4H9.Sn/c1-7-8-9-10-11-12-13-14-15-16-18-19(5,6)17(2,3)4;3*1-3-4-2;/h1,8-16H2,2-6H3;3*1,3-4H2,2H3;. The molecule has 1 nitrogen and oxygen atoms in total. The van der Waals surface area contributed by atoms with E-state index in [1.807, 2.05) is 0 Å². The SMILES string of the molecule is C=[C](CCCCCCCCCO[Si](C)(C)C(C)(C)C)[Sn]([CH2]CCC)([CH2]CCC)[CH2]CCC. The van der Waals surface area contributed by atoms with E-state index in [0.717, 1.165) is 6.61 Å². The third kappa shape index (κ3) is 13.6. The fourth-order valence-corrected chi connectivity index (χ4v) is 21.7. The normalized spacial score (nSPS) is 13.0. The zero-order chi connectivity index (χ0) is 24.5. The molecule has 0 saturated carbocycles. The maximum atomic E-state index is 6.32. The minimum atomic E-state index is -2.17. The second kappa shape index (κ2) is 18.0. The van der Waals surface area contributed by atoms with Crippen LogP contribution in [0.2, 0.25) is 31.4 Å². The van der Waals surface area contributed by atoms with Crippen molar-refractivity contribution in [3.63, 3.8) is 0 Å². The number of rotatable bonds is 21. The van der Waals surface area contributed by atoms with Gasteiger partial charge in [-0.1, -0.05) is 20.8 Å². The van der Waals surface area contributed by atoms with Gasteiger partial charge in [-0.2, -0.15) is 0 Å². The summed E-state index contributed by atoms with van der Waals surface area (Å²) in [5.41, 5.74) is 0. The van der Waals surface area contributed by atoms with Gasteiger partial charge < -0.3 is 0 Å². The molecule has 0 aromatic carbocycles. The number of allylic oxidation sites excluding steroid dienone is 1. The van der Waals surface area contributed by atoms with Crippen molar-refractivity contribution in [2.45, 2.75) is 163 Å². The Morgan fingerprint density at radius 2 is 1.09 bits per heavy atom. The first-order valence-corrected chi connectivity index (χ1v) is 24.8. The van der Waals surface area contributed by atoms with Crippen molar-refractivity contribution in [1.82, 2.24) is 0 Å². The molecule has 0 fully saturated rings. The van der Waals surface area contributed by atoms with Gasteiger partial charge >= 0.3 is 172 Å². The van der Waals surface area contributed by atoms with Crippen LogP contribution in [0.4, 0.5) is 0 Å². The average Bonchev–Trinajstić information content (AvgIpc) is 2.73. The van der Waals surface area contributed by atoms with Gasteiger partial charge in [-0.15, -0.1) is 0 Å². The fraction of sp³-hybridized carbons (Fsp3) is 0.931. The Hall–Kier alpha value is 0.716. The molecule has 0 aliphatic heterocycles. The van der Waals surface area contributed by atoms with Gasteiger partial charge in [0, 0.05) is 0 Å². The molecule has 0 saturated heterocycles. The van der Waals surface area contributed by atoms with Gasteiger partial charge in [-0.25, -0.2) is 0 Å². The molecular weight excluding hydrogens is 511 g/mol. The molecule has 0 aliphatic carbocycles. The average molecular weight is 574 g/mol. The Morgan fingerprint density at radius 3 is 1.50 bits per heavy atom. The first kappa shape index (κ1) is 32.7. The third-order valence-electron chi connectivity index (χ3n) is 8.17. The van der Waals surface area contributed by atoms with Crippen LogP contribution in [0.25, 0.3) is 0 Å². The van der Waals surface area contributed by atoms with E-state index in [-0.39, 0.29) is 0 Å². The molecule has 0 unspecified atom stereocenters. The predicted octanol–water partition coefficient (Wildman–Crippen LogP) is 11.1. The van der Waals surface area contributed by atoms with Crippen LogP contribution in [0.15, 0.2) is 10.2 Å². The maximum absolute atomic E-state index is 6.32. The van der Waals surface area contributed by atoms with E-state index in [2.05, 4.69) is 54.6 Å². The van der Waals surface area contributed by atoms with Crippen LogP contribution in [0.3, 0.4) is 0 Å². The summed E-state index contributed by atoms with van der Waals surface area (Å²) in [4.78, 5) is 0. The molecular formula is C29H62OSiSn. The van der Waals surface area contributed by atoms with Crippen molar-refractivity contribution in [2.24, 2.45) is 0 Å². The topological polar surface area (TPSA) is 9.23 Å². The fourth-order valence-electron chi connectivity index (χ4n) is 4.58. The summed E-state index contributed by atoms with van der Waals surface area (Å²) < 4.78 is 12.9. The van der Waals surface area contributed by atoms with E-state index in [1.165, 1.54) is 89.9 Å². The van der Waals surface area contributed by atoms with Crippen molar-refractivity contribution in [1.29, 1.82) is 0 Å². The zero-order valence-electron chi connectivity index (χ0n) is 23.8.